The van der Waals surface area contributed by atoms with Crippen molar-refractivity contribution in [2.24, 2.45) is 11.8 Å². The summed E-state index contributed by atoms with van der Waals surface area (Å²) in [5.41, 5.74) is 0. The number of nitrogens with one attached hydrogen (secondary N) is 1. The van der Waals surface area contributed by atoms with Crippen LogP contribution in [0.5, 0.6) is 0 Å². The highest BCUT2D eigenvalue weighted by Gasteiger charge is 2.44. The molecular formula is C15H28N2OS. The molecule has 3 atom stereocenters. The summed E-state index contributed by atoms with van der Waals surface area (Å²) >= 11 is 1.85. The summed E-state index contributed by atoms with van der Waals surface area (Å²) in [4.78, 5) is 14.8. The van der Waals surface area contributed by atoms with Crippen molar-refractivity contribution in [2.45, 2.75) is 63.9 Å². The van der Waals surface area contributed by atoms with Gasteiger partial charge >= 0.3 is 0 Å². The lowest BCUT2D eigenvalue weighted by Gasteiger charge is -2.30. The minimum Gasteiger partial charge on any atom is -0.324 e. The van der Waals surface area contributed by atoms with Crippen LogP contribution in [0, 0.1) is 11.8 Å². The Balaban J connectivity index is 2.10. The zero-order chi connectivity index (χ0) is 14.0. The van der Waals surface area contributed by atoms with Crippen LogP contribution < -0.4 is 5.32 Å². The summed E-state index contributed by atoms with van der Waals surface area (Å²) in [5, 5.41) is 4.14. The van der Waals surface area contributed by atoms with Gasteiger partial charge in [-0.1, -0.05) is 33.6 Å². The lowest BCUT2D eigenvalue weighted by atomic mass is 10.0. The molecule has 2 fully saturated rings. The molecule has 0 radical (unpaired) electrons. The predicted molar refractivity (Wildman–Crippen MR) is 82.2 cm³/mol. The van der Waals surface area contributed by atoms with E-state index in [0.717, 1.165) is 6.54 Å². The van der Waals surface area contributed by atoms with Crippen molar-refractivity contribution in [3.63, 3.8) is 0 Å². The summed E-state index contributed by atoms with van der Waals surface area (Å²) in [6, 6.07) is 0.0275. The number of nitrogens with zero attached hydrogens (tertiary/aromatic N) is 1. The third kappa shape index (κ3) is 3.27. The molecule has 0 aromatic carbocycles. The van der Waals surface area contributed by atoms with Crippen molar-refractivity contribution >= 4 is 17.7 Å². The number of carbonyl (C=O) groups excluding carboxylic acids is 1. The number of thioether (sulfide) groups is 1. The Labute approximate surface area is 121 Å². The highest BCUT2D eigenvalue weighted by atomic mass is 32.2. The second-order valence-corrected chi connectivity index (χ2v) is 7.69. The number of rotatable bonds is 5. The number of hydrogen-bond acceptors (Lipinski definition) is 3. The lowest BCUT2D eigenvalue weighted by molar-refractivity contribution is -0.131. The third-order valence-corrected chi connectivity index (χ3v) is 5.56. The Morgan fingerprint density at radius 1 is 1.32 bits per heavy atom. The normalized spacial score (nSPS) is 30.6. The molecule has 1 saturated carbocycles. The first-order chi connectivity index (χ1) is 9.04. The molecule has 2 rings (SSSR count). The topological polar surface area (TPSA) is 32.3 Å². The third-order valence-electron chi connectivity index (χ3n) is 4.60. The molecule has 1 heterocycles. The van der Waals surface area contributed by atoms with E-state index in [1.807, 2.05) is 11.8 Å². The van der Waals surface area contributed by atoms with Gasteiger partial charge in [-0.25, -0.2) is 0 Å². The molecule has 1 aliphatic carbocycles. The summed E-state index contributed by atoms with van der Waals surface area (Å²) in [5.74, 6) is 1.38. The van der Waals surface area contributed by atoms with E-state index < -0.39 is 0 Å². The smallest absolute Gasteiger partial charge is 0.241 e. The van der Waals surface area contributed by atoms with Crippen LogP contribution in [-0.2, 0) is 4.79 Å². The van der Waals surface area contributed by atoms with Crippen LogP contribution >= 0.6 is 11.8 Å². The average Bonchev–Trinajstić information content (AvgIpc) is 2.98. The maximum Gasteiger partial charge on any atom is 0.241 e. The molecule has 1 N–H and O–H groups in total. The lowest BCUT2D eigenvalue weighted by Crippen LogP contribution is -2.45. The molecule has 3 nitrogen and oxygen atoms in total. The molecule has 0 aromatic rings. The average molecular weight is 284 g/mol. The number of hydrogen-bond donors (Lipinski definition) is 1. The van der Waals surface area contributed by atoms with Gasteiger partial charge in [0.15, 0.2) is 0 Å². The Bertz CT molecular complexity index is 315. The first-order valence-electron chi connectivity index (χ1n) is 7.64. The van der Waals surface area contributed by atoms with Crippen LogP contribution in [0.4, 0.5) is 0 Å². The molecule has 3 unspecified atom stereocenters. The molecule has 0 aromatic heterocycles. The van der Waals surface area contributed by atoms with E-state index in [0.29, 0.717) is 23.0 Å². The van der Waals surface area contributed by atoms with Crippen molar-refractivity contribution in [3.05, 3.63) is 0 Å². The van der Waals surface area contributed by atoms with Crippen molar-refractivity contribution < 1.29 is 4.79 Å². The van der Waals surface area contributed by atoms with E-state index in [-0.39, 0.29) is 12.2 Å². The van der Waals surface area contributed by atoms with Crippen LogP contribution in [0.2, 0.25) is 0 Å². The van der Waals surface area contributed by atoms with Gasteiger partial charge < -0.3 is 4.90 Å². The van der Waals surface area contributed by atoms with Crippen LogP contribution in [0.1, 0.15) is 46.5 Å². The largest absolute Gasteiger partial charge is 0.324 e. The minimum absolute atomic E-state index is 0.0275. The van der Waals surface area contributed by atoms with Gasteiger partial charge in [0.05, 0.1) is 12.2 Å². The fourth-order valence-electron chi connectivity index (χ4n) is 3.36. The Morgan fingerprint density at radius 3 is 2.47 bits per heavy atom. The zero-order valence-corrected chi connectivity index (χ0v) is 13.5. The van der Waals surface area contributed by atoms with Gasteiger partial charge in [0.1, 0.15) is 0 Å². The van der Waals surface area contributed by atoms with Gasteiger partial charge in [-0.15, -0.1) is 0 Å². The Hall–Kier alpha value is -0.220. The minimum atomic E-state index is 0.0275. The number of carbonyl (C=O) groups is 1. The molecule has 19 heavy (non-hydrogen) atoms. The molecule has 0 spiro atoms. The van der Waals surface area contributed by atoms with Crippen molar-refractivity contribution in [3.8, 4) is 0 Å². The second-order valence-electron chi connectivity index (χ2n) is 6.41. The molecule has 0 bridgehead atoms. The molecule has 2 aliphatic rings. The predicted octanol–water partition coefficient (Wildman–Crippen LogP) is 2.71. The van der Waals surface area contributed by atoms with Crippen molar-refractivity contribution in [1.29, 1.82) is 0 Å². The van der Waals surface area contributed by atoms with Gasteiger partial charge in [0, 0.05) is 11.8 Å². The standard InChI is InChI=1S/C15H28N2OS/c1-10(2)13-15(18)17(9-11(3)19-4)14(16-13)12-7-5-6-8-12/h10-14,16H,5-9H2,1-4H3. The summed E-state index contributed by atoms with van der Waals surface area (Å²) in [6.07, 6.45) is 7.63. The van der Waals surface area contributed by atoms with Gasteiger partial charge in [-0.2, -0.15) is 11.8 Å². The molecule has 1 amide bonds. The molecule has 1 saturated heterocycles. The second kappa shape index (κ2) is 6.49. The van der Waals surface area contributed by atoms with Crippen LogP contribution in [-0.4, -0.2) is 41.1 Å². The van der Waals surface area contributed by atoms with Gasteiger partial charge in [0.2, 0.25) is 5.91 Å². The monoisotopic (exact) mass is 284 g/mol. The van der Waals surface area contributed by atoms with Gasteiger partial charge in [-0.05, 0) is 30.9 Å². The first kappa shape index (κ1) is 15.2. The highest BCUT2D eigenvalue weighted by molar-refractivity contribution is 7.99. The maximum absolute atomic E-state index is 12.6. The SMILES string of the molecule is CSC(C)CN1C(=O)C(C(C)C)NC1C1CCCC1. The quantitative estimate of drug-likeness (QED) is 0.842. The van der Waals surface area contributed by atoms with E-state index in [9.17, 15) is 4.79 Å². The van der Waals surface area contributed by atoms with E-state index in [1.54, 1.807) is 0 Å². The fourth-order valence-corrected chi connectivity index (χ4v) is 3.67. The summed E-state index contributed by atoms with van der Waals surface area (Å²) < 4.78 is 0. The Kier molecular flexibility index (Phi) is 5.18. The van der Waals surface area contributed by atoms with E-state index in [1.165, 1.54) is 25.7 Å². The van der Waals surface area contributed by atoms with Gasteiger partial charge in [-0.3, -0.25) is 10.1 Å². The summed E-state index contributed by atoms with van der Waals surface area (Å²) in [7, 11) is 0. The first-order valence-corrected chi connectivity index (χ1v) is 8.92. The van der Waals surface area contributed by atoms with Crippen molar-refractivity contribution in [2.75, 3.05) is 12.8 Å². The van der Waals surface area contributed by atoms with Crippen LogP contribution in [0.3, 0.4) is 0 Å². The molecule has 110 valence electrons. The van der Waals surface area contributed by atoms with E-state index >= 15 is 0 Å². The van der Waals surface area contributed by atoms with E-state index in [2.05, 4.69) is 37.2 Å². The van der Waals surface area contributed by atoms with Gasteiger partial charge in [0.25, 0.3) is 0 Å². The highest BCUT2D eigenvalue weighted by Crippen LogP contribution is 2.33. The number of amides is 1. The Morgan fingerprint density at radius 2 is 1.95 bits per heavy atom. The maximum atomic E-state index is 12.6. The molecular weight excluding hydrogens is 256 g/mol. The van der Waals surface area contributed by atoms with Crippen LogP contribution in [0.15, 0.2) is 0 Å². The van der Waals surface area contributed by atoms with Crippen LogP contribution in [0.25, 0.3) is 0 Å². The summed E-state index contributed by atoms with van der Waals surface area (Å²) in [6.45, 7) is 7.38. The molecule has 4 heteroatoms. The fraction of sp³-hybridized carbons (Fsp3) is 0.933. The molecule has 1 aliphatic heterocycles. The van der Waals surface area contributed by atoms with E-state index in [4.69, 9.17) is 0 Å². The van der Waals surface area contributed by atoms with Crippen molar-refractivity contribution in [1.82, 2.24) is 10.2 Å². The zero-order valence-electron chi connectivity index (χ0n) is 12.7.